The maximum absolute atomic E-state index is 12.3. The summed E-state index contributed by atoms with van der Waals surface area (Å²) in [6, 6.07) is 10.2. The average Bonchev–Trinajstić information content (AvgIpc) is 2.99. The summed E-state index contributed by atoms with van der Waals surface area (Å²) in [6.07, 6.45) is 3.03. The van der Waals surface area contributed by atoms with Crippen LogP contribution in [0.5, 0.6) is 0 Å². The minimum absolute atomic E-state index is 0.107. The molecular formula is C17H13N3O4. The lowest BCUT2D eigenvalue weighted by Crippen LogP contribution is -2.14. The van der Waals surface area contributed by atoms with Gasteiger partial charge in [-0.15, -0.1) is 0 Å². The number of benzene rings is 1. The SMILES string of the molecule is Cc1cccc(C(=O)Nc2onc(-c3cccnc3)c2C(=O)O)c1. The number of pyridine rings is 1. The Morgan fingerprint density at radius 3 is 2.71 bits per heavy atom. The normalized spacial score (nSPS) is 10.4. The highest BCUT2D eigenvalue weighted by molar-refractivity contribution is 6.08. The maximum Gasteiger partial charge on any atom is 0.343 e. The van der Waals surface area contributed by atoms with E-state index in [4.69, 9.17) is 4.52 Å². The summed E-state index contributed by atoms with van der Waals surface area (Å²) >= 11 is 0. The van der Waals surface area contributed by atoms with Gasteiger partial charge in [0.15, 0.2) is 5.56 Å². The smallest absolute Gasteiger partial charge is 0.343 e. The highest BCUT2D eigenvalue weighted by Gasteiger charge is 2.25. The number of nitrogens with one attached hydrogen (secondary N) is 1. The van der Waals surface area contributed by atoms with Crippen LogP contribution >= 0.6 is 0 Å². The summed E-state index contributed by atoms with van der Waals surface area (Å²) in [5.74, 6) is -1.95. The number of nitrogens with zero attached hydrogens (tertiary/aromatic N) is 2. The second-order valence-corrected chi connectivity index (χ2v) is 5.11. The zero-order valence-electron chi connectivity index (χ0n) is 12.7. The lowest BCUT2D eigenvalue weighted by molar-refractivity contribution is 0.0698. The molecule has 0 spiro atoms. The summed E-state index contributed by atoms with van der Waals surface area (Å²) in [5, 5.41) is 15.7. The number of hydrogen-bond donors (Lipinski definition) is 2. The fraction of sp³-hybridized carbons (Fsp3) is 0.0588. The van der Waals surface area contributed by atoms with Crippen molar-refractivity contribution >= 4 is 17.8 Å². The van der Waals surface area contributed by atoms with Gasteiger partial charge in [0.2, 0.25) is 5.88 Å². The van der Waals surface area contributed by atoms with Crippen LogP contribution in [0.25, 0.3) is 11.3 Å². The van der Waals surface area contributed by atoms with E-state index < -0.39 is 11.9 Å². The van der Waals surface area contributed by atoms with Gasteiger partial charge in [-0.05, 0) is 31.2 Å². The molecule has 24 heavy (non-hydrogen) atoms. The molecule has 3 rings (SSSR count). The third kappa shape index (κ3) is 3.00. The molecule has 0 fully saturated rings. The molecule has 2 N–H and O–H groups in total. The molecule has 1 aromatic carbocycles. The van der Waals surface area contributed by atoms with Crippen LogP contribution in [-0.2, 0) is 0 Å². The first kappa shape index (κ1) is 15.4. The van der Waals surface area contributed by atoms with Gasteiger partial charge in [0, 0.05) is 23.5 Å². The van der Waals surface area contributed by atoms with Crippen molar-refractivity contribution in [3.05, 3.63) is 65.5 Å². The quantitative estimate of drug-likeness (QED) is 0.764. The third-order valence-electron chi connectivity index (χ3n) is 3.35. The molecule has 0 atom stereocenters. The van der Waals surface area contributed by atoms with Gasteiger partial charge >= 0.3 is 5.97 Å². The Kier molecular flexibility index (Phi) is 4.07. The Morgan fingerprint density at radius 2 is 2.04 bits per heavy atom. The highest BCUT2D eigenvalue weighted by Crippen LogP contribution is 2.28. The molecule has 120 valence electrons. The number of carbonyl (C=O) groups is 2. The number of carboxylic acids is 1. The van der Waals surface area contributed by atoms with Gasteiger partial charge in [0.25, 0.3) is 5.91 Å². The van der Waals surface area contributed by atoms with Crippen molar-refractivity contribution in [3.8, 4) is 11.3 Å². The molecular weight excluding hydrogens is 310 g/mol. The molecule has 0 aliphatic rings. The molecule has 0 aliphatic heterocycles. The molecule has 7 heteroatoms. The van der Waals surface area contributed by atoms with Gasteiger partial charge in [-0.25, -0.2) is 4.79 Å². The summed E-state index contributed by atoms with van der Waals surface area (Å²) in [4.78, 5) is 27.8. The number of aryl methyl sites for hydroxylation is 1. The average molecular weight is 323 g/mol. The first-order valence-electron chi connectivity index (χ1n) is 7.07. The molecule has 3 aromatic rings. The van der Waals surface area contributed by atoms with Crippen LogP contribution < -0.4 is 5.32 Å². The van der Waals surface area contributed by atoms with E-state index in [0.717, 1.165) is 5.56 Å². The Hall–Kier alpha value is -3.48. The van der Waals surface area contributed by atoms with Crippen molar-refractivity contribution in [2.24, 2.45) is 0 Å². The van der Waals surface area contributed by atoms with Crippen molar-refractivity contribution in [3.63, 3.8) is 0 Å². The van der Waals surface area contributed by atoms with Crippen molar-refractivity contribution in [2.45, 2.75) is 6.92 Å². The van der Waals surface area contributed by atoms with E-state index in [9.17, 15) is 14.7 Å². The second kappa shape index (κ2) is 6.33. The van der Waals surface area contributed by atoms with E-state index in [1.807, 2.05) is 13.0 Å². The molecule has 0 saturated heterocycles. The van der Waals surface area contributed by atoms with Crippen LogP contribution in [0.15, 0.2) is 53.3 Å². The molecule has 0 unspecified atom stereocenters. The van der Waals surface area contributed by atoms with Crippen LogP contribution in [0.1, 0.15) is 26.3 Å². The van der Waals surface area contributed by atoms with Crippen LogP contribution in [0.2, 0.25) is 0 Å². The van der Waals surface area contributed by atoms with Crippen molar-refractivity contribution in [1.82, 2.24) is 10.1 Å². The second-order valence-electron chi connectivity index (χ2n) is 5.11. The summed E-state index contributed by atoms with van der Waals surface area (Å²) < 4.78 is 5.04. The van der Waals surface area contributed by atoms with Gasteiger partial charge in [0.1, 0.15) is 5.69 Å². The Labute approximate surface area is 136 Å². The third-order valence-corrected chi connectivity index (χ3v) is 3.35. The molecule has 7 nitrogen and oxygen atoms in total. The molecule has 2 heterocycles. The fourth-order valence-electron chi connectivity index (χ4n) is 2.24. The summed E-state index contributed by atoms with van der Waals surface area (Å²) in [7, 11) is 0. The Morgan fingerprint density at radius 1 is 1.21 bits per heavy atom. The minimum Gasteiger partial charge on any atom is -0.477 e. The molecule has 2 aromatic heterocycles. The van der Waals surface area contributed by atoms with Crippen molar-refractivity contribution in [2.75, 3.05) is 5.32 Å². The first-order valence-corrected chi connectivity index (χ1v) is 7.07. The summed E-state index contributed by atoms with van der Waals surface area (Å²) in [6.45, 7) is 1.86. The number of aromatic carboxylic acids is 1. The number of anilines is 1. The van der Waals surface area contributed by atoms with Crippen LogP contribution in [0, 0.1) is 6.92 Å². The molecule has 1 amide bonds. The number of carboxylic acid groups (broad SMARTS) is 1. The van der Waals surface area contributed by atoms with Crippen LogP contribution in [0.4, 0.5) is 5.88 Å². The first-order chi connectivity index (χ1) is 11.6. The van der Waals surface area contributed by atoms with E-state index in [2.05, 4.69) is 15.5 Å². The van der Waals surface area contributed by atoms with E-state index in [0.29, 0.717) is 11.1 Å². The lowest BCUT2D eigenvalue weighted by Gasteiger charge is -2.03. The number of amides is 1. The lowest BCUT2D eigenvalue weighted by atomic mass is 10.1. The molecule has 0 saturated carbocycles. The number of hydrogen-bond acceptors (Lipinski definition) is 5. The molecule has 0 radical (unpaired) electrons. The zero-order chi connectivity index (χ0) is 17.1. The molecule has 0 aliphatic carbocycles. The van der Waals surface area contributed by atoms with Crippen LogP contribution in [-0.4, -0.2) is 27.1 Å². The monoisotopic (exact) mass is 323 g/mol. The zero-order valence-corrected chi connectivity index (χ0v) is 12.7. The van der Waals surface area contributed by atoms with Gasteiger partial charge in [-0.1, -0.05) is 22.9 Å². The Balaban J connectivity index is 1.96. The van der Waals surface area contributed by atoms with E-state index in [1.54, 1.807) is 36.5 Å². The number of carbonyl (C=O) groups excluding carboxylic acids is 1. The van der Waals surface area contributed by atoms with Gasteiger partial charge in [-0.2, -0.15) is 0 Å². The minimum atomic E-state index is -1.25. The largest absolute Gasteiger partial charge is 0.477 e. The molecule has 0 bridgehead atoms. The van der Waals surface area contributed by atoms with Gasteiger partial charge in [0.05, 0.1) is 0 Å². The topological polar surface area (TPSA) is 105 Å². The van der Waals surface area contributed by atoms with Crippen molar-refractivity contribution < 1.29 is 19.2 Å². The predicted octanol–water partition coefficient (Wildman–Crippen LogP) is 3.00. The van der Waals surface area contributed by atoms with Crippen LogP contribution in [0.3, 0.4) is 0 Å². The Bertz CT molecular complexity index is 903. The number of rotatable bonds is 4. The van der Waals surface area contributed by atoms with Crippen molar-refractivity contribution in [1.29, 1.82) is 0 Å². The van der Waals surface area contributed by atoms with Gasteiger partial charge < -0.3 is 9.63 Å². The predicted molar refractivity (Wildman–Crippen MR) is 85.8 cm³/mol. The summed E-state index contributed by atoms with van der Waals surface area (Å²) in [5.41, 5.74) is 1.68. The fourth-order valence-corrected chi connectivity index (χ4v) is 2.24. The maximum atomic E-state index is 12.3. The standard InChI is InChI=1S/C17H13N3O4/c1-10-4-2-5-11(8-10)15(21)19-16-13(17(22)23)14(20-24-16)12-6-3-7-18-9-12/h2-9H,1H3,(H,19,21)(H,22,23). The van der Waals surface area contributed by atoms with E-state index in [-0.39, 0.29) is 17.1 Å². The number of aromatic nitrogens is 2. The van der Waals surface area contributed by atoms with E-state index >= 15 is 0 Å². The van der Waals surface area contributed by atoms with Gasteiger partial charge in [-0.3, -0.25) is 15.1 Å². The highest BCUT2D eigenvalue weighted by atomic mass is 16.5. The van der Waals surface area contributed by atoms with E-state index in [1.165, 1.54) is 6.20 Å².